The van der Waals surface area contributed by atoms with Crippen LogP contribution in [0.1, 0.15) is 6.92 Å². The fourth-order valence-corrected chi connectivity index (χ4v) is 1.28. The van der Waals surface area contributed by atoms with Gasteiger partial charge in [0.25, 0.3) is 5.91 Å². The van der Waals surface area contributed by atoms with Crippen LogP contribution in [0.2, 0.25) is 5.02 Å². The summed E-state index contributed by atoms with van der Waals surface area (Å²) in [5.41, 5.74) is 0. The summed E-state index contributed by atoms with van der Waals surface area (Å²) in [7, 11) is 0. The third-order valence-corrected chi connectivity index (χ3v) is 2.24. The highest BCUT2D eigenvalue weighted by Gasteiger charge is 2.14. The molecule has 1 aromatic rings. The van der Waals surface area contributed by atoms with Gasteiger partial charge >= 0.3 is 0 Å². The van der Waals surface area contributed by atoms with Gasteiger partial charge in [-0.15, -0.1) is 6.58 Å². The molecular formula is C12H14ClNO2. The number of carbonyl (C=O) groups excluding carboxylic acids is 1. The molecule has 0 spiro atoms. The summed E-state index contributed by atoms with van der Waals surface area (Å²) >= 11 is 5.90. The van der Waals surface area contributed by atoms with Crippen LogP contribution in [-0.2, 0) is 4.79 Å². The highest BCUT2D eigenvalue weighted by atomic mass is 35.5. The van der Waals surface area contributed by atoms with Gasteiger partial charge in [0, 0.05) is 6.54 Å². The van der Waals surface area contributed by atoms with Crippen LogP contribution in [0.5, 0.6) is 5.75 Å². The molecule has 1 rings (SSSR count). The first-order valence-electron chi connectivity index (χ1n) is 4.95. The van der Waals surface area contributed by atoms with E-state index in [2.05, 4.69) is 11.9 Å². The van der Waals surface area contributed by atoms with E-state index in [0.717, 1.165) is 0 Å². The maximum atomic E-state index is 11.5. The second-order valence-electron chi connectivity index (χ2n) is 3.22. The van der Waals surface area contributed by atoms with Crippen LogP contribution in [0.15, 0.2) is 36.9 Å². The lowest BCUT2D eigenvalue weighted by atomic mass is 10.3. The Kier molecular flexibility index (Phi) is 4.86. The van der Waals surface area contributed by atoms with Gasteiger partial charge in [-0.2, -0.15) is 0 Å². The molecule has 1 N–H and O–H groups in total. The van der Waals surface area contributed by atoms with E-state index in [1.54, 1.807) is 37.3 Å². The summed E-state index contributed by atoms with van der Waals surface area (Å²) in [6.45, 7) is 5.61. The van der Waals surface area contributed by atoms with Crippen molar-refractivity contribution in [1.82, 2.24) is 5.32 Å². The molecule has 3 nitrogen and oxygen atoms in total. The summed E-state index contributed by atoms with van der Waals surface area (Å²) in [6.07, 6.45) is 1.03. The quantitative estimate of drug-likeness (QED) is 0.802. The van der Waals surface area contributed by atoms with Crippen LogP contribution in [-0.4, -0.2) is 18.6 Å². The molecule has 0 aliphatic carbocycles. The molecule has 0 saturated carbocycles. The highest BCUT2D eigenvalue weighted by Crippen LogP contribution is 2.24. The summed E-state index contributed by atoms with van der Waals surface area (Å²) in [5.74, 6) is 0.310. The maximum absolute atomic E-state index is 11.5. The zero-order valence-corrected chi connectivity index (χ0v) is 9.83. The minimum absolute atomic E-state index is 0.195. The van der Waals surface area contributed by atoms with Gasteiger partial charge in [-0.3, -0.25) is 4.79 Å². The second kappa shape index (κ2) is 6.18. The molecule has 0 fully saturated rings. The van der Waals surface area contributed by atoms with Gasteiger partial charge in [0.2, 0.25) is 0 Å². The predicted octanol–water partition coefficient (Wildman–Crippen LogP) is 2.41. The minimum atomic E-state index is -0.583. The first kappa shape index (κ1) is 12.6. The molecule has 16 heavy (non-hydrogen) atoms. The number of ether oxygens (including phenoxy) is 1. The SMILES string of the molecule is C=CCNC(=O)[C@@H](C)Oc1ccccc1Cl. The van der Waals surface area contributed by atoms with E-state index in [1.807, 2.05) is 0 Å². The largest absolute Gasteiger partial charge is 0.479 e. The average molecular weight is 240 g/mol. The number of para-hydroxylation sites is 1. The average Bonchev–Trinajstić information content (AvgIpc) is 2.28. The van der Waals surface area contributed by atoms with Crippen molar-refractivity contribution in [2.24, 2.45) is 0 Å². The molecule has 0 heterocycles. The van der Waals surface area contributed by atoms with Gasteiger partial charge in [-0.05, 0) is 19.1 Å². The topological polar surface area (TPSA) is 38.3 Å². The van der Waals surface area contributed by atoms with E-state index in [1.165, 1.54) is 0 Å². The number of hydrogen-bond acceptors (Lipinski definition) is 2. The van der Waals surface area contributed by atoms with Crippen LogP contribution in [0.4, 0.5) is 0 Å². The van der Waals surface area contributed by atoms with Crippen molar-refractivity contribution in [2.45, 2.75) is 13.0 Å². The van der Waals surface area contributed by atoms with Crippen molar-refractivity contribution >= 4 is 17.5 Å². The Hall–Kier alpha value is -1.48. The van der Waals surface area contributed by atoms with E-state index in [0.29, 0.717) is 17.3 Å². The Balaban J connectivity index is 2.57. The molecular weight excluding hydrogens is 226 g/mol. The molecule has 0 unspecified atom stereocenters. The molecule has 0 aliphatic heterocycles. The van der Waals surface area contributed by atoms with Gasteiger partial charge in [-0.1, -0.05) is 29.8 Å². The van der Waals surface area contributed by atoms with E-state index >= 15 is 0 Å². The molecule has 0 aliphatic rings. The van der Waals surface area contributed by atoms with Crippen molar-refractivity contribution in [1.29, 1.82) is 0 Å². The minimum Gasteiger partial charge on any atom is -0.479 e. The number of nitrogens with one attached hydrogen (secondary N) is 1. The Labute approximate surface area is 100 Å². The number of rotatable bonds is 5. The predicted molar refractivity (Wildman–Crippen MR) is 64.7 cm³/mol. The smallest absolute Gasteiger partial charge is 0.261 e. The van der Waals surface area contributed by atoms with Gasteiger partial charge in [0.05, 0.1) is 5.02 Å². The van der Waals surface area contributed by atoms with E-state index < -0.39 is 6.10 Å². The normalized spacial score (nSPS) is 11.6. The first-order valence-corrected chi connectivity index (χ1v) is 5.32. The summed E-state index contributed by atoms with van der Waals surface area (Å²) in [4.78, 5) is 11.5. The van der Waals surface area contributed by atoms with Crippen LogP contribution >= 0.6 is 11.6 Å². The van der Waals surface area contributed by atoms with Crippen molar-refractivity contribution in [3.63, 3.8) is 0 Å². The lowest BCUT2D eigenvalue weighted by molar-refractivity contribution is -0.127. The van der Waals surface area contributed by atoms with E-state index in [-0.39, 0.29) is 5.91 Å². The maximum Gasteiger partial charge on any atom is 0.261 e. The third-order valence-electron chi connectivity index (χ3n) is 1.93. The summed E-state index contributed by atoms with van der Waals surface area (Å²) in [6, 6.07) is 7.04. The number of benzene rings is 1. The van der Waals surface area contributed by atoms with E-state index in [4.69, 9.17) is 16.3 Å². The zero-order chi connectivity index (χ0) is 12.0. The summed E-state index contributed by atoms with van der Waals surface area (Å²) in [5, 5.41) is 3.14. The van der Waals surface area contributed by atoms with Gasteiger partial charge in [-0.25, -0.2) is 0 Å². The van der Waals surface area contributed by atoms with Gasteiger partial charge < -0.3 is 10.1 Å². The molecule has 1 atom stereocenters. The Morgan fingerprint density at radius 3 is 2.94 bits per heavy atom. The number of amides is 1. The molecule has 0 bridgehead atoms. The van der Waals surface area contributed by atoms with Crippen LogP contribution < -0.4 is 10.1 Å². The molecule has 0 aromatic heterocycles. The Morgan fingerprint density at radius 1 is 1.62 bits per heavy atom. The van der Waals surface area contributed by atoms with Crippen molar-refractivity contribution in [3.05, 3.63) is 41.9 Å². The molecule has 0 saturated heterocycles. The molecule has 4 heteroatoms. The number of halogens is 1. The van der Waals surface area contributed by atoms with Crippen LogP contribution in [0.3, 0.4) is 0 Å². The van der Waals surface area contributed by atoms with Crippen molar-refractivity contribution < 1.29 is 9.53 Å². The fraction of sp³-hybridized carbons (Fsp3) is 0.250. The molecule has 0 radical (unpaired) electrons. The Morgan fingerprint density at radius 2 is 2.31 bits per heavy atom. The molecule has 86 valence electrons. The van der Waals surface area contributed by atoms with E-state index in [9.17, 15) is 4.79 Å². The summed E-state index contributed by atoms with van der Waals surface area (Å²) < 4.78 is 5.43. The lowest BCUT2D eigenvalue weighted by Crippen LogP contribution is -2.36. The first-order chi connectivity index (χ1) is 7.65. The lowest BCUT2D eigenvalue weighted by Gasteiger charge is -2.14. The monoisotopic (exact) mass is 239 g/mol. The Bertz CT molecular complexity index is 379. The fourth-order valence-electron chi connectivity index (χ4n) is 1.10. The van der Waals surface area contributed by atoms with Gasteiger partial charge in [0.15, 0.2) is 6.10 Å². The number of hydrogen-bond donors (Lipinski definition) is 1. The highest BCUT2D eigenvalue weighted by molar-refractivity contribution is 6.32. The zero-order valence-electron chi connectivity index (χ0n) is 9.07. The van der Waals surface area contributed by atoms with Crippen molar-refractivity contribution in [3.8, 4) is 5.75 Å². The van der Waals surface area contributed by atoms with Crippen LogP contribution in [0.25, 0.3) is 0 Å². The third kappa shape index (κ3) is 3.59. The number of carbonyl (C=O) groups is 1. The second-order valence-corrected chi connectivity index (χ2v) is 3.63. The van der Waals surface area contributed by atoms with Gasteiger partial charge in [0.1, 0.15) is 5.75 Å². The van der Waals surface area contributed by atoms with Crippen molar-refractivity contribution in [2.75, 3.05) is 6.54 Å². The standard InChI is InChI=1S/C12H14ClNO2/c1-3-8-14-12(15)9(2)16-11-7-5-4-6-10(11)13/h3-7,9H,1,8H2,2H3,(H,14,15)/t9-/m1/s1. The molecule has 1 aromatic carbocycles. The van der Waals surface area contributed by atoms with Crippen LogP contribution in [0, 0.1) is 0 Å². The molecule has 1 amide bonds.